The SMILES string of the molecule is CCC(CC(=O)O)NS(=O)(=O)c1cc(C)c(Br)s1. The van der Waals surface area contributed by atoms with Gasteiger partial charge in [0.05, 0.1) is 10.2 Å². The number of hydrogen-bond donors (Lipinski definition) is 2. The van der Waals surface area contributed by atoms with Crippen molar-refractivity contribution in [2.75, 3.05) is 0 Å². The van der Waals surface area contributed by atoms with Gasteiger partial charge in [-0.1, -0.05) is 6.92 Å². The van der Waals surface area contributed by atoms with Crippen LogP contribution in [0.2, 0.25) is 0 Å². The summed E-state index contributed by atoms with van der Waals surface area (Å²) in [5, 5.41) is 8.69. The molecule has 0 amide bonds. The largest absolute Gasteiger partial charge is 0.481 e. The van der Waals surface area contributed by atoms with E-state index in [9.17, 15) is 13.2 Å². The maximum Gasteiger partial charge on any atom is 0.304 e. The molecule has 1 aromatic heterocycles. The molecule has 0 fully saturated rings. The molecule has 1 atom stereocenters. The maximum atomic E-state index is 12.0. The average Bonchev–Trinajstić information content (AvgIpc) is 2.58. The summed E-state index contributed by atoms with van der Waals surface area (Å²) in [6.45, 7) is 3.54. The number of halogens is 1. The quantitative estimate of drug-likeness (QED) is 0.820. The number of sulfonamides is 1. The first-order valence-corrected chi connectivity index (χ1v) is 8.35. The van der Waals surface area contributed by atoms with Crippen LogP contribution in [0.25, 0.3) is 0 Å². The molecule has 0 saturated carbocycles. The van der Waals surface area contributed by atoms with E-state index in [2.05, 4.69) is 20.7 Å². The molecule has 1 aromatic rings. The molecule has 8 heteroatoms. The van der Waals surface area contributed by atoms with Gasteiger partial charge in [0.15, 0.2) is 0 Å². The molecule has 0 saturated heterocycles. The van der Waals surface area contributed by atoms with E-state index in [1.54, 1.807) is 19.9 Å². The zero-order valence-electron chi connectivity index (χ0n) is 9.94. The molecule has 102 valence electrons. The Kier molecular flexibility index (Phi) is 5.32. The summed E-state index contributed by atoms with van der Waals surface area (Å²) in [4.78, 5) is 10.6. The predicted octanol–water partition coefficient (Wildman–Crippen LogP) is 2.35. The van der Waals surface area contributed by atoms with E-state index in [-0.39, 0.29) is 10.6 Å². The van der Waals surface area contributed by atoms with E-state index in [4.69, 9.17) is 5.11 Å². The van der Waals surface area contributed by atoms with Crippen LogP contribution in [0.5, 0.6) is 0 Å². The summed E-state index contributed by atoms with van der Waals surface area (Å²) in [5.41, 5.74) is 0.839. The van der Waals surface area contributed by atoms with Gasteiger partial charge in [0.2, 0.25) is 10.0 Å². The first-order chi connectivity index (χ1) is 8.26. The van der Waals surface area contributed by atoms with Gasteiger partial charge in [0.25, 0.3) is 0 Å². The monoisotopic (exact) mass is 355 g/mol. The topological polar surface area (TPSA) is 83.5 Å². The van der Waals surface area contributed by atoms with Crippen LogP contribution in [0, 0.1) is 6.92 Å². The van der Waals surface area contributed by atoms with E-state index >= 15 is 0 Å². The van der Waals surface area contributed by atoms with Crippen molar-refractivity contribution in [2.45, 2.75) is 36.9 Å². The smallest absolute Gasteiger partial charge is 0.304 e. The van der Waals surface area contributed by atoms with Crippen molar-refractivity contribution >= 4 is 43.3 Å². The normalized spacial score (nSPS) is 13.5. The Bertz CT molecular complexity index is 519. The molecule has 0 bridgehead atoms. The lowest BCUT2D eigenvalue weighted by Crippen LogP contribution is -2.35. The fourth-order valence-electron chi connectivity index (χ4n) is 1.32. The fraction of sp³-hybridized carbons (Fsp3) is 0.500. The van der Waals surface area contributed by atoms with Crippen molar-refractivity contribution in [3.8, 4) is 0 Å². The molecule has 1 rings (SSSR count). The Hall–Kier alpha value is -0.440. The minimum absolute atomic E-state index is 0.190. The first-order valence-electron chi connectivity index (χ1n) is 5.26. The zero-order chi connectivity index (χ0) is 13.9. The summed E-state index contributed by atoms with van der Waals surface area (Å²) >= 11 is 4.38. The van der Waals surface area contributed by atoms with Crippen LogP contribution in [-0.2, 0) is 14.8 Å². The number of thiophene rings is 1. The third-order valence-electron chi connectivity index (χ3n) is 2.34. The van der Waals surface area contributed by atoms with Gasteiger partial charge >= 0.3 is 5.97 Å². The highest BCUT2D eigenvalue weighted by molar-refractivity contribution is 9.11. The minimum atomic E-state index is -3.64. The highest BCUT2D eigenvalue weighted by Crippen LogP contribution is 2.30. The standard InChI is InChI=1S/C10H14BrNO4S2/c1-3-7(5-8(13)14)12-18(15,16)9-4-6(2)10(11)17-9/h4,7,12H,3,5H2,1-2H3,(H,13,14). The van der Waals surface area contributed by atoms with Gasteiger partial charge in [-0.2, -0.15) is 0 Å². The Morgan fingerprint density at radius 1 is 1.61 bits per heavy atom. The third kappa shape index (κ3) is 4.04. The molecule has 0 radical (unpaired) electrons. The summed E-state index contributed by atoms with van der Waals surface area (Å²) in [6.07, 6.45) is 0.207. The van der Waals surface area contributed by atoms with Crippen LogP contribution < -0.4 is 4.72 Å². The second-order valence-electron chi connectivity index (χ2n) is 3.85. The Labute approximate surface area is 118 Å². The predicted molar refractivity (Wildman–Crippen MR) is 73.4 cm³/mol. The van der Waals surface area contributed by atoms with E-state index < -0.39 is 22.0 Å². The molecular formula is C10H14BrNO4S2. The number of nitrogens with one attached hydrogen (secondary N) is 1. The van der Waals surface area contributed by atoms with Crippen molar-refractivity contribution in [1.29, 1.82) is 0 Å². The lowest BCUT2D eigenvalue weighted by molar-refractivity contribution is -0.137. The molecule has 0 aromatic carbocycles. The van der Waals surface area contributed by atoms with Gasteiger partial charge in [-0.3, -0.25) is 4.79 Å². The highest BCUT2D eigenvalue weighted by Gasteiger charge is 2.23. The van der Waals surface area contributed by atoms with Gasteiger partial charge < -0.3 is 5.11 Å². The number of carboxylic acid groups (broad SMARTS) is 1. The summed E-state index contributed by atoms with van der Waals surface area (Å²) in [5.74, 6) is -1.02. The van der Waals surface area contributed by atoms with Gasteiger partial charge in [-0.15, -0.1) is 11.3 Å². The van der Waals surface area contributed by atoms with Crippen LogP contribution in [0.3, 0.4) is 0 Å². The molecule has 1 unspecified atom stereocenters. The number of carboxylic acids is 1. The van der Waals surface area contributed by atoms with E-state index in [0.29, 0.717) is 6.42 Å². The maximum absolute atomic E-state index is 12.0. The summed E-state index contributed by atoms with van der Waals surface area (Å²) < 4.78 is 27.4. The highest BCUT2D eigenvalue weighted by atomic mass is 79.9. The van der Waals surface area contributed by atoms with Gasteiger partial charge in [-0.05, 0) is 40.9 Å². The van der Waals surface area contributed by atoms with Gasteiger partial charge in [0.1, 0.15) is 4.21 Å². The molecular weight excluding hydrogens is 342 g/mol. The lowest BCUT2D eigenvalue weighted by Gasteiger charge is -2.13. The molecule has 5 nitrogen and oxygen atoms in total. The van der Waals surface area contributed by atoms with Crippen LogP contribution in [0.1, 0.15) is 25.3 Å². The van der Waals surface area contributed by atoms with Crippen LogP contribution >= 0.6 is 27.3 Å². The Morgan fingerprint density at radius 3 is 2.61 bits per heavy atom. The average molecular weight is 356 g/mol. The van der Waals surface area contributed by atoms with Crippen molar-refractivity contribution < 1.29 is 18.3 Å². The zero-order valence-corrected chi connectivity index (χ0v) is 13.2. The molecule has 0 aliphatic heterocycles. The van der Waals surface area contributed by atoms with Crippen molar-refractivity contribution in [3.05, 3.63) is 15.4 Å². The number of aryl methyl sites for hydroxylation is 1. The lowest BCUT2D eigenvalue weighted by atomic mass is 10.2. The number of hydrogen-bond acceptors (Lipinski definition) is 4. The Balaban J connectivity index is 2.90. The number of carbonyl (C=O) groups is 1. The van der Waals surface area contributed by atoms with Crippen molar-refractivity contribution in [3.63, 3.8) is 0 Å². The molecule has 18 heavy (non-hydrogen) atoms. The van der Waals surface area contributed by atoms with Gasteiger partial charge in [-0.25, -0.2) is 13.1 Å². The fourth-order valence-corrected chi connectivity index (χ4v) is 4.88. The van der Waals surface area contributed by atoms with E-state index in [1.807, 2.05) is 0 Å². The number of aliphatic carboxylic acids is 1. The molecule has 0 aliphatic rings. The second kappa shape index (κ2) is 6.14. The van der Waals surface area contributed by atoms with E-state index in [0.717, 1.165) is 20.7 Å². The second-order valence-corrected chi connectivity index (χ2v) is 8.16. The number of rotatable bonds is 6. The van der Waals surface area contributed by atoms with Crippen LogP contribution in [0.15, 0.2) is 14.1 Å². The molecule has 1 heterocycles. The molecule has 0 spiro atoms. The first kappa shape index (κ1) is 15.6. The van der Waals surface area contributed by atoms with Crippen molar-refractivity contribution in [2.24, 2.45) is 0 Å². The van der Waals surface area contributed by atoms with E-state index in [1.165, 1.54) is 0 Å². The Morgan fingerprint density at radius 2 is 2.22 bits per heavy atom. The molecule has 2 N–H and O–H groups in total. The summed E-state index contributed by atoms with van der Waals surface area (Å²) in [7, 11) is -3.64. The molecule has 0 aliphatic carbocycles. The van der Waals surface area contributed by atoms with Crippen molar-refractivity contribution in [1.82, 2.24) is 4.72 Å². The van der Waals surface area contributed by atoms with Gasteiger partial charge in [0, 0.05) is 6.04 Å². The summed E-state index contributed by atoms with van der Waals surface area (Å²) in [6, 6.07) is 0.971. The van der Waals surface area contributed by atoms with Crippen LogP contribution in [0.4, 0.5) is 0 Å². The van der Waals surface area contributed by atoms with Crippen LogP contribution in [-0.4, -0.2) is 25.5 Å². The third-order valence-corrected chi connectivity index (χ3v) is 6.47. The minimum Gasteiger partial charge on any atom is -0.481 e.